The van der Waals surface area contributed by atoms with Crippen LogP contribution in [0.2, 0.25) is 0 Å². The second-order valence-corrected chi connectivity index (χ2v) is 4.61. The minimum Gasteiger partial charge on any atom is -0.437 e. The first kappa shape index (κ1) is 13.0. The maximum atomic E-state index is 11.4. The highest BCUT2D eigenvalue weighted by Crippen LogP contribution is 2.25. The van der Waals surface area contributed by atoms with Crippen LogP contribution in [0, 0.1) is 3.57 Å². The van der Waals surface area contributed by atoms with Gasteiger partial charge in [0.2, 0.25) is 5.88 Å². The molecule has 0 amide bonds. The Labute approximate surface area is 117 Å². The van der Waals surface area contributed by atoms with Crippen molar-refractivity contribution in [1.29, 1.82) is 0 Å². The Hall–Kier alpha value is -1.41. The third-order valence-corrected chi connectivity index (χ3v) is 3.28. The van der Waals surface area contributed by atoms with E-state index >= 15 is 0 Å². The number of halogens is 1. The molecule has 0 aliphatic rings. The number of hydrogen-bond acceptors (Lipinski definition) is 4. The minimum atomic E-state index is -0.236. The molecule has 0 atom stereocenters. The van der Waals surface area contributed by atoms with Gasteiger partial charge < -0.3 is 14.8 Å². The van der Waals surface area contributed by atoms with Crippen LogP contribution >= 0.6 is 22.6 Å². The van der Waals surface area contributed by atoms with Gasteiger partial charge in [-0.05, 0) is 40.6 Å². The lowest BCUT2D eigenvalue weighted by atomic mass is 10.1. The summed E-state index contributed by atoms with van der Waals surface area (Å²) in [6.45, 7) is 0.0419. The van der Waals surface area contributed by atoms with Crippen LogP contribution in [-0.4, -0.2) is 21.7 Å². The van der Waals surface area contributed by atoms with Gasteiger partial charge in [0.25, 0.3) is 5.56 Å². The van der Waals surface area contributed by atoms with E-state index in [0.717, 1.165) is 5.56 Å². The maximum absolute atomic E-state index is 11.4. The fourth-order valence-corrected chi connectivity index (χ4v) is 1.88. The fourth-order valence-electron chi connectivity index (χ4n) is 1.47. The number of nitrogens with zero attached hydrogens (tertiary/aromatic N) is 1. The highest BCUT2D eigenvalue weighted by Gasteiger charge is 2.10. The van der Waals surface area contributed by atoms with Crippen LogP contribution in [0.4, 0.5) is 0 Å². The van der Waals surface area contributed by atoms with Crippen LogP contribution in [0.15, 0.2) is 35.4 Å². The van der Waals surface area contributed by atoms with Gasteiger partial charge in [0.1, 0.15) is 9.32 Å². The number of para-hydroxylation sites is 1. The van der Waals surface area contributed by atoms with E-state index in [1.165, 1.54) is 6.33 Å². The molecule has 0 fully saturated rings. The van der Waals surface area contributed by atoms with Crippen LogP contribution < -0.4 is 10.3 Å². The summed E-state index contributed by atoms with van der Waals surface area (Å²) in [4.78, 5) is 17.9. The zero-order chi connectivity index (χ0) is 13.0. The smallest absolute Gasteiger partial charge is 0.268 e. The second kappa shape index (κ2) is 5.96. The molecule has 0 spiro atoms. The molecule has 18 heavy (non-hydrogen) atoms. The third kappa shape index (κ3) is 2.88. The van der Waals surface area contributed by atoms with E-state index in [1.54, 1.807) is 6.07 Å². The summed E-state index contributed by atoms with van der Waals surface area (Å²) < 4.78 is 6.02. The van der Waals surface area contributed by atoms with Crippen molar-refractivity contribution in [2.24, 2.45) is 0 Å². The number of ether oxygens (including phenoxy) is 1. The lowest BCUT2D eigenvalue weighted by Crippen LogP contribution is -2.11. The quantitative estimate of drug-likeness (QED) is 0.816. The number of rotatable bonds is 4. The maximum Gasteiger partial charge on any atom is 0.268 e. The predicted octanol–water partition coefficient (Wildman–Crippen LogP) is 1.70. The van der Waals surface area contributed by atoms with Crippen LogP contribution in [0.3, 0.4) is 0 Å². The molecule has 2 N–H and O–H groups in total. The lowest BCUT2D eigenvalue weighted by Gasteiger charge is -2.09. The first-order chi connectivity index (χ1) is 8.72. The van der Waals surface area contributed by atoms with Gasteiger partial charge in [0.15, 0.2) is 0 Å². The molecular formula is C12H11IN2O3. The van der Waals surface area contributed by atoms with Crippen molar-refractivity contribution in [2.45, 2.75) is 6.42 Å². The van der Waals surface area contributed by atoms with Crippen LogP contribution in [-0.2, 0) is 6.42 Å². The van der Waals surface area contributed by atoms with Crippen LogP contribution in [0.1, 0.15) is 5.56 Å². The standard InChI is InChI=1S/C12H11IN2O3/c13-10-11(17)14-7-15-12(10)18-9-4-2-1-3-8(9)5-6-16/h1-4,7,16H,5-6H2,(H,14,15,17). The monoisotopic (exact) mass is 358 g/mol. The van der Waals surface area contributed by atoms with Crippen molar-refractivity contribution in [2.75, 3.05) is 6.61 Å². The van der Waals surface area contributed by atoms with Crippen molar-refractivity contribution in [1.82, 2.24) is 9.97 Å². The number of hydrogen-bond donors (Lipinski definition) is 2. The van der Waals surface area contributed by atoms with Gasteiger partial charge in [0, 0.05) is 6.61 Å². The van der Waals surface area contributed by atoms with E-state index in [4.69, 9.17) is 9.84 Å². The molecule has 0 radical (unpaired) electrons. The molecule has 2 rings (SSSR count). The Morgan fingerprint density at radius 2 is 2.17 bits per heavy atom. The predicted molar refractivity (Wildman–Crippen MR) is 74.9 cm³/mol. The molecule has 0 aliphatic heterocycles. The van der Waals surface area contributed by atoms with Gasteiger partial charge in [-0.3, -0.25) is 4.79 Å². The highest BCUT2D eigenvalue weighted by molar-refractivity contribution is 14.1. The van der Waals surface area contributed by atoms with E-state index in [1.807, 2.05) is 40.8 Å². The molecule has 1 aromatic heterocycles. The van der Waals surface area contributed by atoms with Crippen LogP contribution in [0.25, 0.3) is 0 Å². The second-order valence-electron chi connectivity index (χ2n) is 3.53. The fraction of sp³-hybridized carbons (Fsp3) is 0.167. The molecule has 94 valence electrons. The summed E-state index contributed by atoms with van der Waals surface area (Å²) in [5.41, 5.74) is 0.637. The molecule has 0 aliphatic carbocycles. The van der Waals surface area contributed by atoms with Gasteiger partial charge >= 0.3 is 0 Å². The molecule has 5 nitrogen and oxygen atoms in total. The summed E-state index contributed by atoms with van der Waals surface area (Å²) in [6, 6.07) is 7.35. The van der Waals surface area contributed by atoms with Gasteiger partial charge in [0.05, 0.1) is 6.33 Å². The zero-order valence-electron chi connectivity index (χ0n) is 9.39. The number of benzene rings is 1. The number of H-pyrrole nitrogens is 1. The number of aromatic amines is 1. The van der Waals surface area contributed by atoms with E-state index in [2.05, 4.69) is 9.97 Å². The molecule has 0 saturated heterocycles. The van der Waals surface area contributed by atoms with Gasteiger partial charge in [-0.2, -0.15) is 0 Å². The lowest BCUT2D eigenvalue weighted by molar-refractivity contribution is 0.297. The Morgan fingerprint density at radius 1 is 1.39 bits per heavy atom. The summed E-state index contributed by atoms with van der Waals surface area (Å²) in [5.74, 6) is 0.868. The largest absolute Gasteiger partial charge is 0.437 e. The van der Waals surface area contributed by atoms with Crippen LogP contribution in [0.5, 0.6) is 11.6 Å². The highest BCUT2D eigenvalue weighted by atomic mass is 127. The Balaban J connectivity index is 2.34. The third-order valence-electron chi connectivity index (χ3n) is 2.32. The Bertz CT molecular complexity index is 598. The molecule has 0 bridgehead atoms. The first-order valence-electron chi connectivity index (χ1n) is 5.32. The Morgan fingerprint density at radius 3 is 2.94 bits per heavy atom. The van der Waals surface area contributed by atoms with Crippen molar-refractivity contribution in [3.8, 4) is 11.6 Å². The number of nitrogens with one attached hydrogen (secondary N) is 1. The van der Waals surface area contributed by atoms with Crippen molar-refractivity contribution in [3.63, 3.8) is 0 Å². The normalized spacial score (nSPS) is 10.3. The SMILES string of the molecule is O=c1[nH]cnc(Oc2ccccc2CCO)c1I. The molecule has 0 unspecified atom stereocenters. The Kier molecular flexibility index (Phi) is 4.32. The average Bonchev–Trinajstić information content (AvgIpc) is 2.37. The van der Waals surface area contributed by atoms with Gasteiger partial charge in [-0.15, -0.1) is 0 Å². The van der Waals surface area contributed by atoms with Crippen molar-refractivity contribution >= 4 is 22.6 Å². The molecular weight excluding hydrogens is 347 g/mol. The summed E-state index contributed by atoms with van der Waals surface area (Å²) in [6.07, 6.45) is 1.80. The number of aromatic nitrogens is 2. The number of aliphatic hydroxyl groups excluding tert-OH is 1. The molecule has 2 aromatic rings. The zero-order valence-corrected chi connectivity index (χ0v) is 11.5. The summed E-state index contributed by atoms with van der Waals surface area (Å²) in [7, 11) is 0. The van der Waals surface area contributed by atoms with E-state index in [-0.39, 0.29) is 18.0 Å². The molecule has 1 heterocycles. The van der Waals surface area contributed by atoms with E-state index in [9.17, 15) is 4.79 Å². The molecule has 0 saturated carbocycles. The molecule has 1 aromatic carbocycles. The van der Waals surface area contributed by atoms with Gasteiger partial charge in [-0.1, -0.05) is 18.2 Å². The van der Waals surface area contributed by atoms with Crippen molar-refractivity contribution < 1.29 is 9.84 Å². The first-order valence-corrected chi connectivity index (χ1v) is 6.40. The summed E-state index contributed by atoms with van der Waals surface area (Å²) >= 11 is 1.88. The summed E-state index contributed by atoms with van der Waals surface area (Å²) in [5, 5.41) is 8.98. The van der Waals surface area contributed by atoms with Gasteiger partial charge in [-0.25, -0.2) is 4.98 Å². The minimum absolute atomic E-state index is 0.0419. The van der Waals surface area contributed by atoms with Crippen molar-refractivity contribution in [3.05, 3.63) is 50.1 Å². The van der Waals surface area contributed by atoms with E-state index < -0.39 is 0 Å². The average molecular weight is 358 g/mol. The topological polar surface area (TPSA) is 75.2 Å². The number of aliphatic hydroxyl groups is 1. The molecule has 6 heteroatoms. The van der Waals surface area contributed by atoms with E-state index in [0.29, 0.717) is 15.7 Å².